The Morgan fingerprint density at radius 1 is 1.39 bits per heavy atom. The van der Waals surface area contributed by atoms with Gasteiger partial charge in [-0.2, -0.15) is 0 Å². The van der Waals surface area contributed by atoms with E-state index in [-0.39, 0.29) is 24.7 Å². The fraction of sp³-hybridized carbons (Fsp3) is 0.364. The van der Waals surface area contributed by atoms with Gasteiger partial charge in [0.05, 0.1) is 35.5 Å². The number of nitrogens with one attached hydrogen (secondary N) is 1. The summed E-state index contributed by atoms with van der Waals surface area (Å²) in [6.07, 6.45) is 15.5. The van der Waals surface area contributed by atoms with Gasteiger partial charge in [-0.15, -0.1) is 11.3 Å². The zero-order valence-corrected chi connectivity index (χ0v) is 18.7. The van der Waals surface area contributed by atoms with Crippen molar-refractivity contribution in [2.75, 3.05) is 20.4 Å². The van der Waals surface area contributed by atoms with Gasteiger partial charge in [0, 0.05) is 25.5 Å². The SMILES string of the molecule is CC=C(C=CC=CCOCN=CCC(N)C(N)c1nc2cnccc2s1)CC(=O)NC. The van der Waals surface area contributed by atoms with E-state index in [1.165, 1.54) is 11.3 Å². The number of aliphatic imine (C=N–C) groups is 1. The molecule has 0 bridgehead atoms. The minimum atomic E-state index is -0.357. The molecule has 0 radical (unpaired) electrons. The number of aromatic nitrogens is 2. The molecule has 0 aliphatic rings. The number of rotatable bonds is 12. The molecule has 0 aliphatic carbocycles. The number of ether oxygens (including phenoxy) is 1. The van der Waals surface area contributed by atoms with Crippen molar-refractivity contribution < 1.29 is 9.53 Å². The van der Waals surface area contributed by atoms with Crippen LogP contribution in [-0.2, 0) is 9.53 Å². The molecule has 0 spiro atoms. The number of hydrogen-bond donors (Lipinski definition) is 3. The quantitative estimate of drug-likeness (QED) is 0.263. The molecule has 2 rings (SSSR count). The minimum absolute atomic E-state index is 0.0130. The monoisotopic (exact) mass is 442 g/mol. The van der Waals surface area contributed by atoms with E-state index < -0.39 is 0 Å². The number of carbonyl (C=O) groups is 1. The number of amides is 1. The molecule has 5 N–H and O–H groups in total. The summed E-state index contributed by atoms with van der Waals surface area (Å²) in [6, 6.07) is 1.28. The van der Waals surface area contributed by atoms with E-state index in [2.05, 4.69) is 20.3 Å². The minimum Gasteiger partial charge on any atom is -0.359 e. The van der Waals surface area contributed by atoms with Crippen LogP contribution in [0.5, 0.6) is 0 Å². The van der Waals surface area contributed by atoms with Crippen LogP contribution < -0.4 is 16.8 Å². The predicted molar refractivity (Wildman–Crippen MR) is 127 cm³/mol. The Morgan fingerprint density at radius 3 is 2.97 bits per heavy atom. The van der Waals surface area contributed by atoms with Crippen LogP contribution in [0.4, 0.5) is 0 Å². The number of allylic oxidation sites excluding steroid dienone is 4. The van der Waals surface area contributed by atoms with Crippen molar-refractivity contribution in [1.29, 1.82) is 0 Å². The van der Waals surface area contributed by atoms with Crippen molar-refractivity contribution in [2.24, 2.45) is 16.5 Å². The van der Waals surface area contributed by atoms with Gasteiger partial charge in [-0.1, -0.05) is 30.4 Å². The summed E-state index contributed by atoms with van der Waals surface area (Å²) in [5, 5.41) is 3.41. The number of hydrogen-bond acceptors (Lipinski definition) is 8. The average molecular weight is 443 g/mol. The summed E-state index contributed by atoms with van der Waals surface area (Å²) >= 11 is 1.54. The summed E-state index contributed by atoms with van der Waals surface area (Å²) in [5.74, 6) is -0.0130. The first-order chi connectivity index (χ1) is 15.0. The van der Waals surface area contributed by atoms with Gasteiger partial charge in [-0.05, 0) is 25.0 Å². The first-order valence-corrected chi connectivity index (χ1v) is 10.8. The van der Waals surface area contributed by atoms with Gasteiger partial charge in [0.15, 0.2) is 0 Å². The number of carbonyl (C=O) groups excluding carboxylic acids is 1. The van der Waals surface area contributed by atoms with Gasteiger partial charge in [-0.25, -0.2) is 4.98 Å². The van der Waals surface area contributed by atoms with E-state index in [1.54, 1.807) is 25.7 Å². The summed E-state index contributed by atoms with van der Waals surface area (Å²) in [6.45, 7) is 2.59. The standard InChI is InChI=1S/C22H30N6O2S/c1-3-16(13-20(29)25-2)7-5-4-6-12-30-15-27-10-8-17(23)21(24)22-28-18-14-26-11-9-19(18)31-22/h3-7,9-11,14,17,21H,8,12-13,15,23-24H2,1-2H3,(H,25,29). The van der Waals surface area contributed by atoms with Crippen LogP contribution in [-0.4, -0.2) is 48.5 Å². The van der Waals surface area contributed by atoms with E-state index in [0.717, 1.165) is 20.8 Å². The molecule has 2 aromatic heterocycles. The average Bonchev–Trinajstić information content (AvgIpc) is 3.22. The highest BCUT2D eigenvalue weighted by Crippen LogP contribution is 2.26. The molecule has 0 saturated heterocycles. The third-order valence-corrected chi connectivity index (χ3v) is 5.55. The van der Waals surface area contributed by atoms with Gasteiger partial charge in [-0.3, -0.25) is 14.8 Å². The fourth-order valence-electron chi connectivity index (χ4n) is 2.54. The number of nitrogens with two attached hydrogens (primary N) is 2. The molecule has 0 aliphatic heterocycles. The van der Waals surface area contributed by atoms with Crippen molar-refractivity contribution in [3.05, 3.63) is 59.4 Å². The zero-order chi connectivity index (χ0) is 22.5. The number of thiazole rings is 1. The van der Waals surface area contributed by atoms with Crippen LogP contribution in [0.25, 0.3) is 10.2 Å². The third kappa shape index (κ3) is 8.50. The molecule has 0 aromatic carbocycles. The second-order valence-corrected chi connectivity index (χ2v) is 7.75. The molecular formula is C22H30N6O2S. The van der Waals surface area contributed by atoms with Crippen LogP contribution in [0.1, 0.15) is 30.8 Å². The molecular weight excluding hydrogens is 412 g/mol. The Kier molecular flexibility index (Phi) is 10.7. The molecule has 8 nitrogen and oxygen atoms in total. The van der Waals surface area contributed by atoms with Crippen molar-refractivity contribution in [3.63, 3.8) is 0 Å². The molecule has 1 amide bonds. The molecule has 9 heteroatoms. The van der Waals surface area contributed by atoms with E-state index in [1.807, 2.05) is 43.4 Å². The maximum absolute atomic E-state index is 11.4. The summed E-state index contributed by atoms with van der Waals surface area (Å²) in [5.41, 5.74) is 14.2. The van der Waals surface area contributed by atoms with E-state index in [0.29, 0.717) is 19.4 Å². The van der Waals surface area contributed by atoms with Crippen molar-refractivity contribution in [2.45, 2.75) is 31.8 Å². The second kappa shape index (κ2) is 13.6. The first-order valence-electron chi connectivity index (χ1n) is 10.0. The van der Waals surface area contributed by atoms with Gasteiger partial charge in [0.2, 0.25) is 5.91 Å². The van der Waals surface area contributed by atoms with E-state index in [9.17, 15) is 4.79 Å². The summed E-state index contributed by atoms with van der Waals surface area (Å²) in [4.78, 5) is 24.2. The topological polar surface area (TPSA) is 129 Å². The summed E-state index contributed by atoms with van der Waals surface area (Å²) in [7, 11) is 1.63. The first kappa shape index (κ1) is 24.5. The Balaban J connectivity index is 1.65. The van der Waals surface area contributed by atoms with Crippen LogP contribution in [0, 0.1) is 0 Å². The lowest BCUT2D eigenvalue weighted by molar-refractivity contribution is -0.119. The molecule has 0 saturated carbocycles. The summed E-state index contributed by atoms with van der Waals surface area (Å²) < 4.78 is 6.48. The van der Waals surface area contributed by atoms with Gasteiger partial charge in [0.25, 0.3) is 0 Å². The van der Waals surface area contributed by atoms with Crippen LogP contribution in [0.2, 0.25) is 0 Å². The Labute approximate surface area is 186 Å². The molecule has 2 unspecified atom stereocenters. The highest BCUT2D eigenvalue weighted by molar-refractivity contribution is 7.18. The van der Waals surface area contributed by atoms with Crippen LogP contribution in [0.15, 0.2) is 59.4 Å². The maximum Gasteiger partial charge on any atom is 0.224 e. The van der Waals surface area contributed by atoms with Crippen molar-refractivity contribution >= 4 is 33.7 Å². The number of nitrogens with zero attached hydrogens (tertiary/aromatic N) is 3. The highest BCUT2D eigenvalue weighted by atomic mass is 32.1. The van der Waals surface area contributed by atoms with Gasteiger partial charge >= 0.3 is 0 Å². The number of fused-ring (bicyclic) bond motifs is 1. The van der Waals surface area contributed by atoms with Crippen LogP contribution >= 0.6 is 11.3 Å². The molecule has 31 heavy (non-hydrogen) atoms. The third-order valence-electron chi connectivity index (χ3n) is 4.41. The normalized spacial score (nSPS) is 14.8. The zero-order valence-electron chi connectivity index (χ0n) is 17.9. The molecule has 2 aromatic rings. The van der Waals surface area contributed by atoms with Crippen LogP contribution in [0.3, 0.4) is 0 Å². The largest absolute Gasteiger partial charge is 0.359 e. The maximum atomic E-state index is 11.4. The highest BCUT2D eigenvalue weighted by Gasteiger charge is 2.18. The molecule has 2 heterocycles. The van der Waals surface area contributed by atoms with Gasteiger partial charge in [0.1, 0.15) is 11.7 Å². The van der Waals surface area contributed by atoms with E-state index >= 15 is 0 Å². The van der Waals surface area contributed by atoms with E-state index in [4.69, 9.17) is 16.2 Å². The Morgan fingerprint density at radius 2 is 2.23 bits per heavy atom. The molecule has 0 fully saturated rings. The molecule has 166 valence electrons. The van der Waals surface area contributed by atoms with Crippen molar-refractivity contribution in [1.82, 2.24) is 15.3 Å². The fourth-order valence-corrected chi connectivity index (χ4v) is 3.55. The molecule has 2 atom stereocenters. The van der Waals surface area contributed by atoms with Crippen molar-refractivity contribution in [3.8, 4) is 0 Å². The number of pyridine rings is 1. The van der Waals surface area contributed by atoms with Gasteiger partial charge < -0.3 is 21.5 Å². The predicted octanol–water partition coefficient (Wildman–Crippen LogP) is 2.65. The Hall–Kier alpha value is -2.72. The smallest absolute Gasteiger partial charge is 0.224 e. The second-order valence-electron chi connectivity index (χ2n) is 6.69. The lowest BCUT2D eigenvalue weighted by Crippen LogP contribution is -2.34. The lowest BCUT2D eigenvalue weighted by Gasteiger charge is -2.15. The lowest BCUT2D eigenvalue weighted by atomic mass is 10.1. The Bertz CT molecular complexity index is 917.